The number of hydrogen-bond donors (Lipinski definition) is 3. The van der Waals surface area contributed by atoms with Crippen LogP contribution in [0.15, 0.2) is 41.0 Å². The topological polar surface area (TPSA) is 106 Å². The van der Waals surface area contributed by atoms with Gasteiger partial charge in [-0.3, -0.25) is 0 Å². The zero-order valence-corrected chi connectivity index (χ0v) is 17.9. The van der Waals surface area contributed by atoms with E-state index in [1.807, 2.05) is 12.1 Å². The van der Waals surface area contributed by atoms with Crippen LogP contribution in [0.2, 0.25) is 0 Å². The average molecular weight is 473 g/mol. The van der Waals surface area contributed by atoms with Crippen LogP contribution >= 0.6 is 15.9 Å². The number of ether oxygens (including phenoxy) is 2. The molecule has 2 aromatic carbocycles. The van der Waals surface area contributed by atoms with Gasteiger partial charge in [-0.05, 0) is 56.3 Å². The highest BCUT2D eigenvalue weighted by Gasteiger charge is 2.18. The molecule has 0 bridgehead atoms. The number of aromatic nitrogens is 2. The van der Waals surface area contributed by atoms with Crippen LogP contribution in [0.1, 0.15) is 23.2 Å². The Kier molecular flexibility index (Phi) is 6.01. The Balaban J connectivity index is 1.67. The summed E-state index contributed by atoms with van der Waals surface area (Å²) in [7, 11) is 1.48. The first kappa shape index (κ1) is 20.4. The van der Waals surface area contributed by atoms with E-state index in [9.17, 15) is 9.90 Å². The molecular formula is C21H21BrN4O4. The first-order valence-corrected chi connectivity index (χ1v) is 10.4. The van der Waals surface area contributed by atoms with Gasteiger partial charge in [0.25, 0.3) is 0 Å². The second kappa shape index (κ2) is 8.85. The lowest BCUT2D eigenvalue weighted by molar-refractivity contribution is 0.0696. The first-order chi connectivity index (χ1) is 14.5. The standard InChI is InChI=1S/C21H21BrN4O4/c1-29-18-10-12(20(27)28)2-4-16(18)25-21-24-11-14-15(22)3-5-17(19(14)26-21)30-13-6-8-23-9-7-13/h2-5,10-11,13,23H,6-9H2,1H3,(H,27,28)(H,24,25,26). The van der Waals surface area contributed by atoms with Gasteiger partial charge >= 0.3 is 5.97 Å². The minimum Gasteiger partial charge on any atom is -0.495 e. The number of fused-ring (bicyclic) bond motifs is 1. The van der Waals surface area contributed by atoms with Crippen molar-refractivity contribution in [2.24, 2.45) is 0 Å². The van der Waals surface area contributed by atoms with Crippen molar-refractivity contribution in [1.29, 1.82) is 0 Å². The number of nitrogens with one attached hydrogen (secondary N) is 2. The maximum absolute atomic E-state index is 11.2. The lowest BCUT2D eigenvalue weighted by Gasteiger charge is -2.24. The third-order valence-corrected chi connectivity index (χ3v) is 5.63. The van der Waals surface area contributed by atoms with Crippen LogP contribution in [0.5, 0.6) is 11.5 Å². The lowest BCUT2D eigenvalue weighted by atomic mass is 10.1. The van der Waals surface area contributed by atoms with Crippen LogP contribution in [0.4, 0.5) is 11.6 Å². The zero-order valence-electron chi connectivity index (χ0n) is 16.3. The number of hydrogen-bond acceptors (Lipinski definition) is 7. The molecule has 0 aliphatic carbocycles. The number of anilines is 2. The number of aromatic carboxylic acids is 1. The molecular weight excluding hydrogens is 452 g/mol. The minimum absolute atomic E-state index is 0.137. The number of nitrogens with zero attached hydrogens (tertiary/aromatic N) is 2. The fraction of sp³-hybridized carbons (Fsp3) is 0.286. The van der Waals surface area contributed by atoms with Gasteiger partial charge in [0.1, 0.15) is 23.1 Å². The van der Waals surface area contributed by atoms with Crippen molar-refractivity contribution in [1.82, 2.24) is 15.3 Å². The lowest BCUT2D eigenvalue weighted by Crippen LogP contribution is -2.34. The van der Waals surface area contributed by atoms with Crippen molar-refractivity contribution in [3.63, 3.8) is 0 Å². The fourth-order valence-corrected chi connectivity index (χ4v) is 3.78. The Morgan fingerprint density at radius 2 is 2.03 bits per heavy atom. The Hall–Kier alpha value is -2.91. The number of carbonyl (C=O) groups is 1. The van der Waals surface area contributed by atoms with Crippen molar-refractivity contribution >= 4 is 44.4 Å². The van der Waals surface area contributed by atoms with E-state index >= 15 is 0 Å². The Morgan fingerprint density at radius 3 is 2.77 bits per heavy atom. The third kappa shape index (κ3) is 4.31. The minimum atomic E-state index is -1.02. The second-order valence-electron chi connectivity index (χ2n) is 6.91. The number of carboxylic acids is 1. The summed E-state index contributed by atoms with van der Waals surface area (Å²) in [4.78, 5) is 20.3. The number of carboxylic acid groups (broad SMARTS) is 1. The summed E-state index contributed by atoms with van der Waals surface area (Å²) in [5.74, 6) is 0.432. The molecule has 1 fully saturated rings. The molecule has 1 aliphatic heterocycles. The Morgan fingerprint density at radius 1 is 1.23 bits per heavy atom. The van der Waals surface area contributed by atoms with Gasteiger partial charge in [-0.15, -0.1) is 0 Å². The molecule has 30 heavy (non-hydrogen) atoms. The highest BCUT2D eigenvalue weighted by molar-refractivity contribution is 9.10. The number of benzene rings is 2. The molecule has 0 amide bonds. The van der Waals surface area contributed by atoms with E-state index in [1.54, 1.807) is 12.3 Å². The summed E-state index contributed by atoms with van der Waals surface area (Å²) in [6.45, 7) is 1.88. The number of methoxy groups -OCH3 is 1. The Bertz CT molecular complexity index is 1090. The molecule has 0 spiro atoms. The summed E-state index contributed by atoms with van der Waals surface area (Å²) in [6.07, 6.45) is 3.76. The van der Waals surface area contributed by atoms with Crippen LogP contribution < -0.4 is 20.1 Å². The van der Waals surface area contributed by atoms with Gasteiger partial charge in [0, 0.05) is 16.1 Å². The summed E-state index contributed by atoms with van der Waals surface area (Å²) in [5.41, 5.74) is 1.40. The van der Waals surface area contributed by atoms with Crippen LogP contribution in [-0.2, 0) is 0 Å². The molecule has 0 atom stereocenters. The molecule has 4 rings (SSSR count). The van der Waals surface area contributed by atoms with Gasteiger partial charge in [0.05, 0.1) is 18.4 Å². The number of halogens is 1. The maximum Gasteiger partial charge on any atom is 0.335 e. The predicted molar refractivity (Wildman–Crippen MR) is 117 cm³/mol. The van der Waals surface area contributed by atoms with Gasteiger partial charge in [0.15, 0.2) is 0 Å². The van der Waals surface area contributed by atoms with Gasteiger partial charge in [-0.2, -0.15) is 0 Å². The second-order valence-corrected chi connectivity index (χ2v) is 7.77. The van der Waals surface area contributed by atoms with Crippen LogP contribution in [0.3, 0.4) is 0 Å². The summed E-state index contributed by atoms with van der Waals surface area (Å²) < 4.78 is 12.4. The molecule has 1 aromatic heterocycles. The molecule has 0 radical (unpaired) electrons. The Labute approximate surface area is 181 Å². The average Bonchev–Trinajstić information content (AvgIpc) is 2.76. The van der Waals surface area contributed by atoms with E-state index in [4.69, 9.17) is 9.47 Å². The maximum atomic E-state index is 11.2. The smallest absolute Gasteiger partial charge is 0.335 e. The normalized spacial score (nSPS) is 14.5. The van der Waals surface area contributed by atoms with Crippen molar-refractivity contribution < 1.29 is 19.4 Å². The van der Waals surface area contributed by atoms with Gasteiger partial charge < -0.3 is 25.2 Å². The third-order valence-electron chi connectivity index (χ3n) is 4.94. The number of rotatable bonds is 6. The van der Waals surface area contributed by atoms with E-state index in [1.165, 1.54) is 19.2 Å². The van der Waals surface area contributed by atoms with Gasteiger partial charge in [-0.25, -0.2) is 14.8 Å². The van der Waals surface area contributed by atoms with Gasteiger partial charge in [-0.1, -0.05) is 15.9 Å². The largest absolute Gasteiger partial charge is 0.495 e. The molecule has 3 N–H and O–H groups in total. The van der Waals surface area contributed by atoms with Gasteiger partial charge in [0.2, 0.25) is 5.95 Å². The number of piperidine rings is 1. The summed E-state index contributed by atoms with van der Waals surface area (Å²) in [5, 5.41) is 16.5. The molecule has 0 unspecified atom stereocenters. The van der Waals surface area contributed by atoms with E-state index < -0.39 is 5.97 Å². The molecule has 1 aliphatic rings. The molecule has 8 nitrogen and oxygen atoms in total. The zero-order chi connectivity index (χ0) is 21.1. The highest BCUT2D eigenvalue weighted by Crippen LogP contribution is 2.33. The summed E-state index contributed by atoms with van der Waals surface area (Å²) >= 11 is 3.55. The fourth-order valence-electron chi connectivity index (χ4n) is 3.36. The van der Waals surface area contributed by atoms with E-state index in [0.29, 0.717) is 28.7 Å². The quantitative estimate of drug-likeness (QED) is 0.494. The SMILES string of the molecule is COc1cc(C(=O)O)ccc1Nc1ncc2c(Br)ccc(OC3CCNCC3)c2n1. The molecule has 156 valence electrons. The monoisotopic (exact) mass is 472 g/mol. The van der Waals surface area contributed by atoms with Crippen LogP contribution in [0.25, 0.3) is 10.9 Å². The molecule has 0 saturated carbocycles. The molecule has 9 heteroatoms. The van der Waals surface area contributed by atoms with Crippen LogP contribution in [0, 0.1) is 0 Å². The van der Waals surface area contributed by atoms with Crippen molar-refractivity contribution in [3.8, 4) is 11.5 Å². The van der Waals surface area contributed by atoms with Crippen molar-refractivity contribution in [2.45, 2.75) is 18.9 Å². The summed E-state index contributed by atoms with van der Waals surface area (Å²) in [6, 6.07) is 8.42. The van der Waals surface area contributed by atoms with Crippen molar-refractivity contribution in [2.75, 3.05) is 25.5 Å². The first-order valence-electron chi connectivity index (χ1n) is 9.56. The molecule has 2 heterocycles. The van der Waals surface area contributed by atoms with E-state index in [0.717, 1.165) is 35.8 Å². The van der Waals surface area contributed by atoms with Crippen LogP contribution in [-0.4, -0.2) is 47.3 Å². The van der Waals surface area contributed by atoms with E-state index in [-0.39, 0.29) is 11.7 Å². The van der Waals surface area contributed by atoms with E-state index in [2.05, 4.69) is 36.5 Å². The predicted octanol–water partition coefficient (Wildman–Crippen LogP) is 3.97. The highest BCUT2D eigenvalue weighted by atomic mass is 79.9. The molecule has 3 aromatic rings. The molecule has 1 saturated heterocycles. The van der Waals surface area contributed by atoms with Crippen molar-refractivity contribution in [3.05, 3.63) is 46.6 Å².